The largest absolute Gasteiger partial charge is 0.236 e. The second kappa shape index (κ2) is 17.5. The molecular formula is C34H52N2. The van der Waals surface area contributed by atoms with Crippen molar-refractivity contribution in [3.05, 3.63) is 59.9 Å². The van der Waals surface area contributed by atoms with Crippen molar-refractivity contribution in [1.29, 1.82) is 0 Å². The summed E-state index contributed by atoms with van der Waals surface area (Å²) in [7, 11) is 0. The average molecular weight is 489 g/mol. The van der Waals surface area contributed by atoms with Gasteiger partial charge in [0.1, 0.15) is 0 Å². The van der Waals surface area contributed by atoms with Gasteiger partial charge in [0.25, 0.3) is 0 Å². The first-order valence-electron chi connectivity index (χ1n) is 15.3. The summed E-state index contributed by atoms with van der Waals surface area (Å²) in [6.45, 7) is 4.58. The Morgan fingerprint density at radius 1 is 0.694 bits per heavy atom. The molecule has 1 saturated carbocycles. The van der Waals surface area contributed by atoms with Crippen LogP contribution in [0, 0.1) is 11.8 Å². The number of hydrogen-bond acceptors (Lipinski definition) is 2. The van der Waals surface area contributed by atoms with Crippen LogP contribution in [0.1, 0.15) is 128 Å². The molecule has 0 amide bonds. The lowest BCUT2D eigenvalue weighted by Gasteiger charge is -2.26. The predicted molar refractivity (Wildman–Crippen MR) is 156 cm³/mol. The van der Waals surface area contributed by atoms with Gasteiger partial charge < -0.3 is 0 Å². The highest BCUT2D eigenvalue weighted by molar-refractivity contribution is 5.55. The van der Waals surface area contributed by atoms with Crippen molar-refractivity contribution < 1.29 is 0 Å². The molecule has 1 aliphatic carbocycles. The number of rotatable bonds is 17. The standard InChI is InChI=1S/C34H52N2/c1-3-5-7-8-9-10-12-18-32-27-35-34(36-28-32)33-25-23-31(24-26-33)17-14-13-16-30-21-19-29(20-22-30)15-11-6-4-2/h13,16,23-30H,3-12,14-15,17-22H2,1-2H3/t29-,30-. The number of allylic oxidation sites excluding steroid dienone is 2. The van der Waals surface area contributed by atoms with E-state index in [1.54, 1.807) is 0 Å². The molecule has 3 rings (SSSR count). The first kappa shape index (κ1) is 28.6. The van der Waals surface area contributed by atoms with Crippen molar-refractivity contribution in [1.82, 2.24) is 9.97 Å². The van der Waals surface area contributed by atoms with Gasteiger partial charge in [0.05, 0.1) is 0 Å². The molecule has 0 saturated heterocycles. The van der Waals surface area contributed by atoms with Crippen LogP contribution in [0.25, 0.3) is 11.4 Å². The number of unbranched alkanes of at least 4 members (excludes halogenated alkanes) is 8. The first-order chi connectivity index (χ1) is 17.8. The quantitative estimate of drug-likeness (QED) is 0.163. The Bertz CT molecular complexity index is 828. The summed E-state index contributed by atoms with van der Waals surface area (Å²) < 4.78 is 0. The molecule has 0 unspecified atom stereocenters. The van der Waals surface area contributed by atoms with Crippen LogP contribution in [0.15, 0.2) is 48.8 Å². The van der Waals surface area contributed by atoms with E-state index in [0.717, 1.165) is 42.5 Å². The van der Waals surface area contributed by atoms with Gasteiger partial charge in [-0.25, -0.2) is 9.97 Å². The van der Waals surface area contributed by atoms with E-state index in [-0.39, 0.29) is 0 Å². The number of aromatic nitrogens is 2. The molecule has 0 spiro atoms. The summed E-state index contributed by atoms with van der Waals surface area (Å²) in [5.41, 5.74) is 3.78. The van der Waals surface area contributed by atoms with Crippen LogP contribution in [0.3, 0.4) is 0 Å². The highest BCUT2D eigenvalue weighted by Crippen LogP contribution is 2.32. The fraction of sp³-hybridized carbons (Fsp3) is 0.647. The molecule has 198 valence electrons. The monoisotopic (exact) mass is 488 g/mol. The Morgan fingerprint density at radius 3 is 2.03 bits per heavy atom. The van der Waals surface area contributed by atoms with Gasteiger partial charge >= 0.3 is 0 Å². The molecule has 36 heavy (non-hydrogen) atoms. The van der Waals surface area contributed by atoms with Crippen LogP contribution >= 0.6 is 0 Å². The number of aryl methyl sites for hydroxylation is 2. The zero-order valence-corrected chi connectivity index (χ0v) is 23.4. The van der Waals surface area contributed by atoms with Crippen LogP contribution in [-0.2, 0) is 12.8 Å². The van der Waals surface area contributed by atoms with Crippen molar-refractivity contribution in [3.63, 3.8) is 0 Å². The number of benzene rings is 1. The number of hydrogen-bond donors (Lipinski definition) is 0. The third-order valence-corrected chi connectivity index (χ3v) is 8.10. The molecule has 2 nitrogen and oxygen atoms in total. The average Bonchev–Trinajstić information content (AvgIpc) is 2.92. The van der Waals surface area contributed by atoms with E-state index in [9.17, 15) is 0 Å². The van der Waals surface area contributed by atoms with E-state index in [4.69, 9.17) is 0 Å². The van der Waals surface area contributed by atoms with Gasteiger partial charge in [-0.3, -0.25) is 0 Å². The molecular weight excluding hydrogens is 436 g/mol. The molecule has 1 aliphatic rings. The minimum atomic E-state index is 0.820. The maximum Gasteiger partial charge on any atom is 0.159 e. The summed E-state index contributed by atoms with van der Waals surface area (Å²) in [6, 6.07) is 8.87. The molecule has 0 N–H and O–H groups in total. The van der Waals surface area contributed by atoms with Crippen LogP contribution in [0.2, 0.25) is 0 Å². The lowest BCUT2D eigenvalue weighted by molar-refractivity contribution is 0.289. The zero-order chi connectivity index (χ0) is 25.3. The maximum atomic E-state index is 4.65. The summed E-state index contributed by atoms with van der Waals surface area (Å²) in [6.07, 6.45) is 33.1. The van der Waals surface area contributed by atoms with E-state index >= 15 is 0 Å². The summed E-state index contributed by atoms with van der Waals surface area (Å²) in [5, 5.41) is 0. The fourth-order valence-electron chi connectivity index (χ4n) is 5.63. The van der Waals surface area contributed by atoms with E-state index < -0.39 is 0 Å². The Balaban J connectivity index is 1.32. The van der Waals surface area contributed by atoms with E-state index in [2.05, 4.69) is 60.2 Å². The van der Waals surface area contributed by atoms with Gasteiger partial charge in [-0.1, -0.05) is 114 Å². The van der Waals surface area contributed by atoms with Crippen molar-refractivity contribution in [2.45, 2.75) is 129 Å². The Morgan fingerprint density at radius 2 is 1.33 bits per heavy atom. The third kappa shape index (κ3) is 11.0. The summed E-state index contributed by atoms with van der Waals surface area (Å²) in [5.74, 6) is 2.67. The molecule has 0 radical (unpaired) electrons. The SMILES string of the molecule is CCCCCCCCCc1cnc(-c2ccc(CCC=C[C@H]3CC[C@H](CCCCC)CC3)cc2)nc1. The van der Waals surface area contributed by atoms with Crippen molar-refractivity contribution >= 4 is 0 Å². The van der Waals surface area contributed by atoms with Gasteiger partial charge in [0.15, 0.2) is 5.82 Å². The molecule has 1 fully saturated rings. The maximum absolute atomic E-state index is 4.65. The molecule has 1 aromatic carbocycles. The van der Waals surface area contributed by atoms with Gasteiger partial charge in [-0.05, 0) is 74.3 Å². The highest BCUT2D eigenvalue weighted by Gasteiger charge is 2.18. The minimum Gasteiger partial charge on any atom is -0.236 e. The first-order valence-corrected chi connectivity index (χ1v) is 15.3. The Kier molecular flexibility index (Phi) is 13.9. The smallest absolute Gasteiger partial charge is 0.159 e. The second-order valence-corrected chi connectivity index (χ2v) is 11.2. The van der Waals surface area contributed by atoms with Crippen molar-refractivity contribution in [2.75, 3.05) is 0 Å². The third-order valence-electron chi connectivity index (χ3n) is 8.10. The van der Waals surface area contributed by atoms with Crippen LogP contribution in [0.5, 0.6) is 0 Å². The topological polar surface area (TPSA) is 25.8 Å². The Labute approximate surface area is 222 Å². The molecule has 1 heterocycles. The van der Waals surface area contributed by atoms with Crippen molar-refractivity contribution in [3.8, 4) is 11.4 Å². The molecule has 0 aliphatic heterocycles. The van der Waals surface area contributed by atoms with Crippen LogP contribution < -0.4 is 0 Å². The lowest BCUT2D eigenvalue weighted by atomic mass is 9.79. The summed E-state index contributed by atoms with van der Waals surface area (Å²) in [4.78, 5) is 9.30. The van der Waals surface area contributed by atoms with E-state index in [0.29, 0.717) is 0 Å². The molecule has 0 bridgehead atoms. The fourth-order valence-corrected chi connectivity index (χ4v) is 5.63. The van der Waals surface area contributed by atoms with Gasteiger partial charge in [0, 0.05) is 18.0 Å². The zero-order valence-electron chi connectivity index (χ0n) is 23.4. The van der Waals surface area contributed by atoms with E-state index in [1.165, 1.54) is 107 Å². The molecule has 0 atom stereocenters. The normalized spacial score (nSPS) is 18.2. The highest BCUT2D eigenvalue weighted by atomic mass is 14.9. The van der Waals surface area contributed by atoms with E-state index in [1.807, 2.05) is 12.4 Å². The van der Waals surface area contributed by atoms with Gasteiger partial charge in [-0.15, -0.1) is 0 Å². The van der Waals surface area contributed by atoms with Crippen LogP contribution in [0.4, 0.5) is 0 Å². The molecule has 1 aromatic heterocycles. The lowest BCUT2D eigenvalue weighted by Crippen LogP contribution is -2.13. The predicted octanol–water partition coefficient (Wildman–Crippen LogP) is 10.3. The van der Waals surface area contributed by atoms with Crippen LogP contribution in [-0.4, -0.2) is 9.97 Å². The molecule has 2 aromatic rings. The minimum absolute atomic E-state index is 0.820. The molecule has 2 heteroatoms. The van der Waals surface area contributed by atoms with Gasteiger partial charge in [-0.2, -0.15) is 0 Å². The Hall–Kier alpha value is -1.96. The second-order valence-electron chi connectivity index (χ2n) is 11.2. The number of nitrogens with zero attached hydrogens (tertiary/aromatic N) is 2. The van der Waals surface area contributed by atoms with Gasteiger partial charge in [0.2, 0.25) is 0 Å². The summed E-state index contributed by atoms with van der Waals surface area (Å²) >= 11 is 0. The van der Waals surface area contributed by atoms with Crippen molar-refractivity contribution in [2.24, 2.45) is 11.8 Å².